The Labute approximate surface area is 283 Å². The van der Waals surface area contributed by atoms with Crippen LogP contribution < -0.4 is 18.9 Å². The molecule has 0 amide bonds. The lowest BCUT2D eigenvalue weighted by atomic mass is 10.0. The molecule has 3 rings (SSSR count). The van der Waals surface area contributed by atoms with Crippen LogP contribution in [0.25, 0.3) is 0 Å². The Bertz CT molecular complexity index is 927. The van der Waals surface area contributed by atoms with Crippen LogP contribution >= 0.6 is 31.9 Å². The van der Waals surface area contributed by atoms with E-state index in [1.54, 1.807) is 0 Å². The summed E-state index contributed by atoms with van der Waals surface area (Å²) in [7, 11) is 0. The molecule has 1 aliphatic heterocycles. The molecule has 1 aliphatic rings. The number of unbranched alkanes of at least 4 members (excludes halogenated alkanes) is 10. The molecule has 0 bridgehead atoms. The van der Waals surface area contributed by atoms with Crippen molar-refractivity contribution in [2.45, 2.75) is 89.9 Å². The van der Waals surface area contributed by atoms with Crippen LogP contribution in [0.5, 0.6) is 23.0 Å². The van der Waals surface area contributed by atoms with Gasteiger partial charge in [-0.3, -0.25) is 0 Å². The molecule has 0 aliphatic carbocycles. The number of hydrogen-bond donors (Lipinski definition) is 0. The lowest BCUT2D eigenvalue weighted by molar-refractivity contribution is 0.0640. The molecule has 0 saturated heterocycles. The van der Waals surface area contributed by atoms with Crippen molar-refractivity contribution >= 4 is 31.9 Å². The number of alkyl halides is 2. The van der Waals surface area contributed by atoms with Crippen LogP contribution in [0.2, 0.25) is 0 Å². The number of rotatable bonds is 16. The van der Waals surface area contributed by atoms with Gasteiger partial charge in [0.15, 0.2) is 23.0 Å². The Hall–Kier alpha value is -1.48. The molecule has 8 heteroatoms. The van der Waals surface area contributed by atoms with Crippen molar-refractivity contribution in [2.24, 2.45) is 0 Å². The molecule has 0 unspecified atom stereocenters. The molecule has 0 aromatic heterocycles. The third-order valence-corrected chi connectivity index (χ3v) is 8.78. The second-order valence-corrected chi connectivity index (χ2v) is 12.9. The minimum Gasteiger partial charge on any atom is -0.487 e. The summed E-state index contributed by atoms with van der Waals surface area (Å²) in [6, 6.07) is 12.6. The summed E-state index contributed by atoms with van der Waals surface area (Å²) in [4.78, 5) is 0. The van der Waals surface area contributed by atoms with Gasteiger partial charge in [0, 0.05) is 10.7 Å². The molecular formula is C36H54Br2O6. The van der Waals surface area contributed by atoms with Gasteiger partial charge in [-0.2, -0.15) is 0 Å². The van der Waals surface area contributed by atoms with Crippen LogP contribution in [0, 0.1) is 0 Å². The number of aryl methyl sites for hydroxylation is 2. The average molecular weight is 743 g/mol. The second kappa shape index (κ2) is 24.7. The molecule has 1 heterocycles. The van der Waals surface area contributed by atoms with Gasteiger partial charge in [0.1, 0.15) is 26.4 Å². The number of ether oxygens (including phenoxy) is 6. The fourth-order valence-corrected chi connectivity index (χ4v) is 5.98. The van der Waals surface area contributed by atoms with Gasteiger partial charge in [0.05, 0.1) is 26.4 Å². The first-order valence-electron chi connectivity index (χ1n) is 16.8. The van der Waals surface area contributed by atoms with Crippen LogP contribution in [0.4, 0.5) is 0 Å². The largest absolute Gasteiger partial charge is 0.487 e. The number of hydrogen-bond acceptors (Lipinski definition) is 6. The highest BCUT2D eigenvalue weighted by Gasteiger charge is 2.10. The molecule has 0 spiro atoms. The Morgan fingerprint density at radius 2 is 0.727 bits per heavy atom. The maximum Gasteiger partial charge on any atom is 0.161 e. The van der Waals surface area contributed by atoms with E-state index in [0.717, 1.165) is 46.5 Å². The van der Waals surface area contributed by atoms with E-state index in [2.05, 4.69) is 56.1 Å². The normalized spacial score (nSPS) is 15.0. The van der Waals surface area contributed by atoms with Gasteiger partial charge in [-0.25, -0.2) is 0 Å². The standard InChI is InChI=1S/C36H54Br2O6/c37-19-11-7-3-1-5-9-13-31-15-17-33-35(29-31)43-27-23-40-24-28-44-36-30-32(14-10-6-2-4-8-12-20-38)16-18-34(36)42-26-22-39-21-25-41-33/h15-18,29-30H,1-14,19-28H2. The molecule has 0 saturated carbocycles. The van der Waals surface area contributed by atoms with Crippen molar-refractivity contribution in [2.75, 3.05) is 63.5 Å². The Morgan fingerprint density at radius 1 is 0.386 bits per heavy atom. The van der Waals surface area contributed by atoms with E-state index in [9.17, 15) is 0 Å². The molecule has 0 radical (unpaired) electrons. The first-order valence-corrected chi connectivity index (χ1v) is 19.1. The predicted octanol–water partition coefficient (Wildman–Crippen LogP) is 9.50. The molecule has 248 valence electrons. The highest BCUT2D eigenvalue weighted by atomic mass is 79.9. The van der Waals surface area contributed by atoms with Gasteiger partial charge in [0.2, 0.25) is 0 Å². The van der Waals surface area contributed by atoms with E-state index in [1.807, 2.05) is 12.1 Å². The number of fused-ring (bicyclic) bond motifs is 2. The first-order chi connectivity index (χ1) is 21.8. The molecule has 0 fully saturated rings. The van der Waals surface area contributed by atoms with E-state index in [1.165, 1.54) is 88.2 Å². The molecular weight excluding hydrogens is 688 g/mol. The quantitative estimate of drug-likeness (QED) is 0.126. The van der Waals surface area contributed by atoms with Crippen LogP contribution in [-0.4, -0.2) is 63.5 Å². The first kappa shape index (κ1) is 37.0. The van der Waals surface area contributed by atoms with Crippen molar-refractivity contribution in [3.63, 3.8) is 0 Å². The maximum absolute atomic E-state index is 6.13. The topological polar surface area (TPSA) is 55.4 Å². The number of halogens is 2. The molecule has 2 aromatic carbocycles. The fourth-order valence-electron chi connectivity index (χ4n) is 5.19. The van der Waals surface area contributed by atoms with Gasteiger partial charge in [-0.1, -0.05) is 95.4 Å². The van der Waals surface area contributed by atoms with Crippen LogP contribution in [0.3, 0.4) is 0 Å². The molecule has 0 N–H and O–H groups in total. The zero-order valence-corrected chi connectivity index (χ0v) is 29.8. The Morgan fingerprint density at radius 3 is 1.11 bits per heavy atom. The lowest BCUT2D eigenvalue weighted by Gasteiger charge is -2.17. The monoisotopic (exact) mass is 740 g/mol. The van der Waals surface area contributed by atoms with E-state index < -0.39 is 0 Å². The van der Waals surface area contributed by atoms with Gasteiger partial charge in [-0.05, 0) is 73.9 Å². The summed E-state index contributed by atoms with van der Waals surface area (Å²) in [6.45, 7) is 3.68. The summed E-state index contributed by atoms with van der Waals surface area (Å²) in [6.07, 6.45) is 17.4. The fraction of sp³-hybridized carbons (Fsp3) is 0.667. The summed E-state index contributed by atoms with van der Waals surface area (Å²) < 4.78 is 36.0. The zero-order chi connectivity index (χ0) is 30.9. The summed E-state index contributed by atoms with van der Waals surface area (Å²) in [5, 5.41) is 2.22. The molecule has 2 aromatic rings. The van der Waals surface area contributed by atoms with Gasteiger partial charge in [0.25, 0.3) is 0 Å². The highest BCUT2D eigenvalue weighted by molar-refractivity contribution is 9.09. The second-order valence-electron chi connectivity index (χ2n) is 11.3. The third kappa shape index (κ3) is 16.2. The third-order valence-electron chi connectivity index (χ3n) is 7.66. The van der Waals surface area contributed by atoms with Crippen molar-refractivity contribution in [3.05, 3.63) is 47.5 Å². The van der Waals surface area contributed by atoms with Gasteiger partial charge in [-0.15, -0.1) is 0 Å². The van der Waals surface area contributed by atoms with Crippen molar-refractivity contribution < 1.29 is 28.4 Å². The Kier molecular flexibility index (Phi) is 20.8. The average Bonchev–Trinajstić information content (AvgIpc) is 3.04. The van der Waals surface area contributed by atoms with Gasteiger partial charge < -0.3 is 28.4 Å². The zero-order valence-electron chi connectivity index (χ0n) is 26.6. The van der Waals surface area contributed by atoms with Crippen LogP contribution in [-0.2, 0) is 22.3 Å². The van der Waals surface area contributed by atoms with E-state index >= 15 is 0 Å². The van der Waals surface area contributed by atoms with E-state index in [4.69, 9.17) is 28.4 Å². The summed E-state index contributed by atoms with van der Waals surface area (Å²) in [5.74, 6) is 3.02. The minimum atomic E-state index is 0.445. The maximum atomic E-state index is 6.13. The van der Waals surface area contributed by atoms with Gasteiger partial charge >= 0.3 is 0 Å². The predicted molar refractivity (Wildman–Crippen MR) is 187 cm³/mol. The molecule has 6 nitrogen and oxygen atoms in total. The Balaban J connectivity index is 1.47. The van der Waals surface area contributed by atoms with Crippen LogP contribution in [0.15, 0.2) is 36.4 Å². The number of benzene rings is 2. The van der Waals surface area contributed by atoms with E-state index in [-0.39, 0.29) is 0 Å². The minimum absolute atomic E-state index is 0.445. The highest BCUT2D eigenvalue weighted by Crippen LogP contribution is 2.31. The smallest absolute Gasteiger partial charge is 0.161 e. The van der Waals surface area contributed by atoms with E-state index in [0.29, 0.717) is 52.9 Å². The lowest BCUT2D eigenvalue weighted by Crippen LogP contribution is -2.15. The van der Waals surface area contributed by atoms with Crippen molar-refractivity contribution in [1.82, 2.24) is 0 Å². The summed E-state index contributed by atoms with van der Waals surface area (Å²) >= 11 is 7.03. The van der Waals surface area contributed by atoms with Crippen molar-refractivity contribution in [1.29, 1.82) is 0 Å². The molecule has 44 heavy (non-hydrogen) atoms. The van der Waals surface area contributed by atoms with Crippen molar-refractivity contribution in [3.8, 4) is 23.0 Å². The van der Waals surface area contributed by atoms with Crippen LogP contribution in [0.1, 0.15) is 88.2 Å². The SMILES string of the molecule is BrCCCCCCCCc1ccc2c(c1)OCCOCCOc1cc(CCCCCCCCBr)ccc1OCCOCCO2. The molecule has 0 atom stereocenters. The summed E-state index contributed by atoms with van der Waals surface area (Å²) in [5.41, 5.74) is 2.56.